The normalized spacial score (nSPS) is 12.7. The summed E-state index contributed by atoms with van der Waals surface area (Å²) >= 11 is 0. The Bertz CT molecular complexity index is 950. The highest BCUT2D eigenvalue weighted by Gasteiger charge is 2.35. The maximum absolute atomic E-state index is 12.5. The number of amides is 3. The molecule has 28 heavy (non-hydrogen) atoms. The van der Waals surface area contributed by atoms with Crippen molar-refractivity contribution in [2.24, 2.45) is 0 Å². The Labute approximate surface area is 162 Å². The molecule has 144 valence electrons. The van der Waals surface area contributed by atoms with Gasteiger partial charge >= 0.3 is 5.97 Å². The topological polar surface area (TPSA) is 92.8 Å². The number of nitrogens with zero attached hydrogens (tertiary/aromatic N) is 1. The molecule has 0 saturated heterocycles. The lowest BCUT2D eigenvalue weighted by atomic mass is 10.1. The van der Waals surface area contributed by atoms with E-state index >= 15 is 0 Å². The van der Waals surface area contributed by atoms with Gasteiger partial charge in [0.25, 0.3) is 11.8 Å². The van der Waals surface area contributed by atoms with Crippen LogP contribution in [0.15, 0.2) is 42.5 Å². The first-order chi connectivity index (χ1) is 13.4. The van der Waals surface area contributed by atoms with Crippen LogP contribution in [0.3, 0.4) is 0 Å². The molecule has 0 radical (unpaired) electrons. The second-order valence-corrected chi connectivity index (χ2v) is 6.47. The zero-order chi connectivity index (χ0) is 20.3. The zero-order valence-corrected chi connectivity index (χ0v) is 15.7. The van der Waals surface area contributed by atoms with Crippen LogP contribution >= 0.6 is 0 Å². The minimum atomic E-state index is -0.637. The first-order valence-corrected chi connectivity index (χ1v) is 9.00. The Morgan fingerprint density at radius 2 is 1.68 bits per heavy atom. The van der Waals surface area contributed by atoms with Gasteiger partial charge in [0, 0.05) is 19.2 Å². The van der Waals surface area contributed by atoms with Crippen molar-refractivity contribution in [2.75, 3.05) is 11.9 Å². The fourth-order valence-corrected chi connectivity index (χ4v) is 2.91. The van der Waals surface area contributed by atoms with Crippen LogP contribution in [0.4, 0.5) is 5.69 Å². The van der Waals surface area contributed by atoms with E-state index in [4.69, 9.17) is 4.74 Å². The van der Waals surface area contributed by atoms with E-state index in [1.54, 1.807) is 24.3 Å². The molecule has 1 heterocycles. The van der Waals surface area contributed by atoms with Crippen LogP contribution in [-0.2, 0) is 4.79 Å². The molecule has 1 aliphatic rings. The van der Waals surface area contributed by atoms with Crippen molar-refractivity contribution in [3.8, 4) is 5.75 Å². The molecule has 0 aliphatic carbocycles. The van der Waals surface area contributed by atoms with Gasteiger partial charge in [-0.25, -0.2) is 4.79 Å². The van der Waals surface area contributed by atoms with Gasteiger partial charge in [-0.3, -0.25) is 19.3 Å². The average molecular weight is 380 g/mol. The monoisotopic (exact) mass is 380 g/mol. The van der Waals surface area contributed by atoms with Crippen molar-refractivity contribution in [2.45, 2.75) is 26.7 Å². The molecule has 0 aromatic heterocycles. The molecular formula is C21H20N2O5. The lowest BCUT2D eigenvalue weighted by Gasteiger charge is -2.12. The first kappa shape index (κ1) is 19.3. The fraction of sp³-hybridized carbons (Fsp3) is 0.238. The van der Waals surface area contributed by atoms with Crippen LogP contribution < -0.4 is 10.1 Å². The molecule has 0 unspecified atom stereocenters. The largest absolute Gasteiger partial charge is 0.423 e. The number of carbonyl (C=O) groups excluding carboxylic acids is 4. The van der Waals surface area contributed by atoms with Gasteiger partial charge in [0.15, 0.2) is 0 Å². The number of hydrogen-bond acceptors (Lipinski definition) is 5. The molecule has 0 atom stereocenters. The number of imide groups is 1. The maximum Gasteiger partial charge on any atom is 0.343 e. The highest BCUT2D eigenvalue weighted by molar-refractivity contribution is 6.22. The summed E-state index contributed by atoms with van der Waals surface area (Å²) in [4.78, 5) is 49.5. The number of ether oxygens (including phenoxy) is 1. The molecule has 0 spiro atoms. The fourth-order valence-electron chi connectivity index (χ4n) is 2.91. The molecule has 7 heteroatoms. The number of nitrogens with one attached hydrogen (secondary N) is 1. The SMILES string of the molecule is CCCCN1C(=O)c2ccc(C(=O)Oc3ccc(NC(C)=O)cc3)cc2C1=O. The van der Waals surface area contributed by atoms with Crippen molar-refractivity contribution in [3.63, 3.8) is 0 Å². The maximum atomic E-state index is 12.5. The van der Waals surface area contributed by atoms with Crippen LogP contribution in [0.25, 0.3) is 0 Å². The van der Waals surface area contributed by atoms with Gasteiger partial charge in [0.05, 0.1) is 16.7 Å². The van der Waals surface area contributed by atoms with E-state index in [1.807, 2.05) is 6.92 Å². The van der Waals surface area contributed by atoms with Crippen LogP contribution in [0.1, 0.15) is 57.8 Å². The van der Waals surface area contributed by atoms with Crippen molar-refractivity contribution >= 4 is 29.4 Å². The summed E-state index contributed by atoms with van der Waals surface area (Å²) in [7, 11) is 0. The smallest absolute Gasteiger partial charge is 0.343 e. The quantitative estimate of drug-likeness (QED) is 0.472. The Morgan fingerprint density at radius 1 is 1.00 bits per heavy atom. The van der Waals surface area contributed by atoms with Gasteiger partial charge in [0.2, 0.25) is 5.91 Å². The number of fused-ring (bicyclic) bond motifs is 1. The number of carbonyl (C=O) groups is 4. The molecule has 1 N–H and O–H groups in total. The summed E-state index contributed by atoms with van der Waals surface area (Å²) in [6, 6.07) is 10.7. The van der Waals surface area contributed by atoms with E-state index in [9.17, 15) is 19.2 Å². The van der Waals surface area contributed by atoms with E-state index < -0.39 is 5.97 Å². The summed E-state index contributed by atoms with van der Waals surface area (Å²) < 4.78 is 5.31. The Morgan fingerprint density at radius 3 is 2.32 bits per heavy atom. The van der Waals surface area contributed by atoms with Crippen LogP contribution in [0.5, 0.6) is 5.75 Å². The van der Waals surface area contributed by atoms with E-state index in [0.29, 0.717) is 23.5 Å². The Kier molecular flexibility index (Phi) is 5.54. The van der Waals surface area contributed by atoms with Gasteiger partial charge in [-0.2, -0.15) is 0 Å². The van der Waals surface area contributed by atoms with Gasteiger partial charge in [-0.1, -0.05) is 13.3 Å². The number of hydrogen-bond donors (Lipinski definition) is 1. The summed E-state index contributed by atoms with van der Waals surface area (Å²) in [5.74, 6) is -1.26. The average Bonchev–Trinajstić information content (AvgIpc) is 2.91. The van der Waals surface area contributed by atoms with Crippen molar-refractivity contribution in [1.29, 1.82) is 0 Å². The van der Waals surface area contributed by atoms with Crippen LogP contribution in [-0.4, -0.2) is 35.1 Å². The summed E-state index contributed by atoms with van der Waals surface area (Å²) in [6.07, 6.45) is 1.60. The summed E-state index contributed by atoms with van der Waals surface area (Å²) in [6.45, 7) is 3.75. The van der Waals surface area contributed by atoms with Crippen molar-refractivity contribution < 1.29 is 23.9 Å². The molecule has 0 fully saturated rings. The lowest BCUT2D eigenvalue weighted by Crippen LogP contribution is -2.30. The molecule has 0 saturated carbocycles. The minimum Gasteiger partial charge on any atom is -0.423 e. The molecular weight excluding hydrogens is 360 g/mol. The molecule has 1 aliphatic heterocycles. The standard InChI is InChI=1S/C21H20N2O5/c1-3-4-11-23-19(25)17-10-5-14(12-18(17)20(23)26)21(27)28-16-8-6-15(7-9-16)22-13(2)24/h5-10,12H,3-4,11H2,1-2H3,(H,22,24). The highest BCUT2D eigenvalue weighted by atomic mass is 16.5. The third kappa shape index (κ3) is 3.93. The zero-order valence-electron chi connectivity index (χ0n) is 15.7. The second kappa shape index (κ2) is 8.04. The van der Waals surface area contributed by atoms with Gasteiger partial charge < -0.3 is 10.1 Å². The van der Waals surface area contributed by atoms with E-state index in [1.165, 1.54) is 30.0 Å². The van der Waals surface area contributed by atoms with Gasteiger partial charge in [-0.05, 0) is 48.9 Å². The number of unbranched alkanes of at least 4 members (excludes halogenated alkanes) is 1. The number of esters is 1. The Balaban J connectivity index is 1.74. The van der Waals surface area contributed by atoms with E-state index in [-0.39, 0.29) is 28.8 Å². The van der Waals surface area contributed by atoms with E-state index in [0.717, 1.165) is 12.8 Å². The third-order valence-electron chi connectivity index (χ3n) is 4.33. The van der Waals surface area contributed by atoms with Crippen LogP contribution in [0, 0.1) is 0 Å². The van der Waals surface area contributed by atoms with Crippen LogP contribution in [0.2, 0.25) is 0 Å². The number of anilines is 1. The third-order valence-corrected chi connectivity index (χ3v) is 4.33. The predicted molar refractivity (Wildman–Crippen MR) is 102 cm³/mol. The van der Waals surface area contributed by atoms with Crippen molar-refractivity contribution in [3.05, 3.63) is 59.2 Å². The predicted octanol–water partition coefficient (Wildman–Crippen LogP) is 3.26. The molecule has 0 bridgehead atoms. The Hall–Kier alpha value is -3.48. The minimum absolute atomic E-state index is 0.183. The lowest BCUT2D eigenvalue weighted by molar-refractivity contribution is -0.114. The summed E-state index contributed by atoms with van der Waals surface area (Å²) in [5, 5.41) is 2.62. The number of benzene rings is 2. The number of rotatable bonds is 6. The molecule has 7 nitrogen and oxygen atoms in total. The van der Waals surface area contributed by atoms with Crippen molar-refractivity contribution in [1.82, 2.24) is 4.90 Å². The van der Waals surface area contributed by atoms with Gasteiger partial charge in [0.1, 0.15) is 5.75 Å². The molecule has 3 amide bonds. The first-order valence-electron chi connectivity index (χ1n) is 9.00. The molecule has 3 rings (SSSR count). The molecule has 2 aromatic rings. The molecule has 2 aromatic carbocycles. The second-order valence-electron chi connectivity index (χ2n) is 6.47. The highest BCUT2D eigenvalue weighted by Crippen LogP contribution is 2.25. The summed E-state index contributed by atoms with van der Waals surface area (Å²) in [5.41, 5.74) is 1.29. The van der Waals surface area contributed by atoms with E-state index in [2.05, 4.69) is 5.32 Å². The van der Waals surface area contributed by atoms with Gasteiger partial charge in [-0.15, -0.1) is 0 Å².